The van der Waals surface area contributed by atoms with Crippen LogP contribution in [0.5, 0.6) is 28.7 Å². The van der Waals surface area contributed by atoms with Crippen LogP contribution in [0.15, 0.2) is 60.8 Å². The van der Waals surface area contributed by atoms with Crippen LogP contribution in [0.1, 0.15) is 12.0 Å². The number of benzene rings is 3. The number of anilines is 2. The number of urea groups is 1. The molecule has 0 saturated heterocycles. The van der Waals surface area contributed by atoms with Crippen molar-refractivity contribution in [1.82, 2.24) is 4.98 Å². The first kappa shape index (κ1) is 29.1. The number of carbonyl (C=O) groups excluding carboxylic acids is 1. The Kier molecular flexibility index (Phi) is 8.74. The summed E-state index contributed by atoms with van der Waals surface area (Å²) in [6.07, 6.45) is -2.35. The quantitative estimate of drug-likeness (QED) is 0.191. The van der Waals surface area contributed by atoms with E-state index < -0.39 is 22.8 Å². The second-order valence-electron chi connectivity index (χ2n) is 9.03. The van der Waals surface area contributed by atoms with Crippen molar-refractivity contribution in [1.29, 1.82) is 0 Å². The van der Waals surface area contributed by atoms with Gasteiger partial charge in [-0.25, -0.2) is 4.79 Å². The molecule has 9 nitrogen and oxygen atoms in total. The van der Waals surface area contributed by atoms with Crippen molar-refractivity contribution in [3.63, 3.8) is 0 Å². The van der Waals surface area contributed by atoms with E-state index in [-0.39, 0.29) is 5.69 Å². The molecule has 2 amide bonds. The summed E-state index contributed by atoms with van der Waals surface area (Å²) < 4.78 is 68.3. The number of fused-ring (bicyclic) bond motifs is 3. The van der Waals surface area contributed by atoms with Gasteiger partial charge in [-0.1, -0.05) is 11.6 Å². The Bertz CT molecular complexity index is 1580. The van der Waals surface area contributed by atoms with Crippen molar-refractivity contribution in [3.8, 4) is 28.7 Å². The second kappa shape index (κ2) is 12.6. The largest absolute Gasteiger partial charge is 0.489 e. The fourth-order valence-corrected chi connectivity index (χ4v) is 4.42. The van der Waals surface area contributed by atoms with Gasteiger partial charge in [0.15, 0.2) is 11.5 Å². The highest BCUT2D eigenvalue weighted by Gasteiger charge is 2.33. The molecule has 0 bridgehead atoms. The number of carbonyl (C=O) groups is 1. The number of halogens is 4. The van der Waals surface area contributed by atoms with Crippen molar-refractivity contribution in [2.45, 2.75) is 12.6 Å². The lowest BCUT2D eigenvalue weighted by molar-refractivity contribution is -0.137. The average Bonchev–Trinajstić information content (AvgIpc) is 2.96. The topological polar surface area (TPSA) is 100 Å². The standard InChI is InChI=1S/C29H25ClF3N3O6/c1-38-11-2-12-39-24-16-22-25(27-26(24)40-13-14-41-27)23(9-10-34-22)42-19-6-3-17(4-7-19)35-28(37)36-18-5-8-21(30)20(15-18)29(31,32)33/h3-10,15-16H,2,11-14H2,1H3,(H2,35,36,37). The van der Waals surface area contributed by atoms with Crippen LogP contribution in [-0.2, 0) is 10.9 Å². The average molecular weight is 604 g/mol. The lowest BCUT2D eigenvalue weighted by Crippen LogP contribution is -2.19. The molecule has 0 unspecified atom stereocenters. The van der Waals surface area contributed by atoms with E-state index in [2.05, 4.69) is 15.6 Å². The summed E-state index contributed by atoms with van der Waals surface area (Å²) in [4.78, 5) is 16.9. The minimum absolute atomic E-state index is 0.0631. The summed E-state index contributed by atoms with van der Waals surface area (Å²) >= 11 is 5.64. The molecule has 1 aliphatic rings. The maximum Gasteiger partial charge on any atom is 0.417 e. The summed E-state index contributed by atoms with van der Waals surface area (Å²) in [6, 6.07) is 12.3. The number of amides is 2. The smallest absolute Gasteiger partial charge is 0.417 e. The number of methoxy groups -OCH3 is 1. The van der Waals surface area contributed by atoms with E-state index in [1.165, 1.54) is 6.07 Å². The number of pyridine rings is 1. The molecule has 0 radical (unpaired) electrons. The maximum atomic E-state index is 13.1. The van der Waals surface area contributed by atoms with Crippen molar-refractivity contribution < 1.29 is 41.7 Å². The number of hydrogen-bond donors (Lipinski definition) is 2. The van der Waals surface area contributed by atoms with Crippen molar-refractivity contribution in [2.75, 3.05) is 44.2 Å². The summed E-state index contributed by atoms with van der Waals surface area (Å²) in [5, 5.41) is 5.09. The van der Waals surface area contributed by atoms with Gasteiger partial charge in [0.2, 0.25) is 5.75 Å². The number of rotatable bonds is 9. The van der Waals surface area contributed by atoms with Gasteiger partial charge >= 0.3 is 12.2 Å². The fraction of sp³-hybridized carbons (Fsp3) is 0.241. The molecule has 0 atom stereocenters. The summed E-state index contributed by atoms with van der Waals surface area (Å²) in [6.45, 7) is 1.71. The van der Waals surface area contributed by atoms with Crippen LogP contribution in [0.2, 0.25) is 5.02 Å². The van der Waals surface area contributed by atoms with E-state index in [9.17, 15) is 18.0 Å². The van der Waals surface area contributed by atoms with Gasteiger partial charge in [0.05, 0.1) is 28.1 Å². The van der Waals surface area contributed by atoms with Gasteiger partial charge in [-0.2, -0.15) is 13.2 Å². The van der Waals surface area contributed by atoms with Crippen LogP contribution in [0.4, 0.5) is 29.3 Å². The molecule has 2 N–H and O–H groups in total. The van der Waals surface area contributed by atoms with Crippen LogP contribution in [0.3, 0.4) is 0 Å². The van der Waals surface area contributed by atoms with Crippen LogP contribution in [-0.4, -0.2) is 44.6 Å². The third-order valence-corrected chi connectivity index (χ3v) is 6.39. The van der Waals surface area contributed by atoms with Gasteiger partial charge in [-0.3, -0.25) is 4.98 Å². The van der Waals surface area contributed by atoms with Gasteiger partial charge in [-0.15, -0.1) is 0 Å². The minimum Gasteiger partial charge on any atom is -0.489 e. The Hall–Kier alpha value is -4.42. The van der Waals surface area contributed by atoms with Gasteiger partial charge in [0, 0.05) is 43.8 Å². The highest BCUT2D eigenvalue weighted by Crippen LogP contribution is 2.48. The Balaban J connectivity index is 1.30. The molecule has 1 aromatic heterocycles. The van der Waals surface area contributed by atoms with Crippen molar-refractivity contribution in [3.05, 3.63) is 71.4 Å². The molecule has 2 heterocycles. The lowest BCUT2D eigenvalue weighted by Gasteiger charge is -2.23. The van der Waals surface area contributed by atoms with Crippen LogP contribution >= 0.6 is 11.6 Å². The van der Waals surface area contributed by atoms with Gasteiger partial charge < -0.3 is 34.3 Å². The van der Waals surface area contributed by atoms with Gasteiger partial charge in [0.25, 0.3) is 0 Å². The predicted octanol–water partition coefficient (Wildman–Crippen LogP) is 7.53. The van der Waals surface area contributed by atoms with Gasteiger partial charge in [-0.05, 0) is 48.5 Å². The summed E-state index contributed by atoms with van der Waals surface area (Å²) in [5.74, 6) is 2.37. The number of hydrogen-bond acceptors (Lipinski definition) is 7. The first-order chi connectivity index (χ1) is 20.2. The van der Waals surface area contributed by atoms with E-state index >= 15 is 0 Å². The first-order valence-corrected chi connectivity index (χ1v) is 13.2. The van der Waals surface area contributed by atoms with Crippen LogP contribution in [0.25, 0.3) is 10.9 Å². The zero-order valence-corrected chi connectivity index (χ0v) is 23.0. The van der Waals surface area contributed by atoms with Crippen LogP contribution in [0, 0.1) is 0 Å². The van der Waals surface area contributed by atoms with E-state index in [4.69, 9.17) is 35.3 Å². The Morgan fingerprint density at radius 3 is 2.40 bits per heavy atom. The molecule has 220 valence electrons. The molecule has 1 aliphatic heterocycles. The molecule has 3 aromatic carbocycles. The van der Waals surface area contributed by atoms with Crippen molar-refractivity contribution in [2.24, 2.45) is 0 Å². The number of nitrogens with one attached hydrogen (secondary N) is 2. The number of alkyl halides is 3. The molecule has 4 aromatic rings. The molecular formula is C29H25ClF3N3O6. The highest BCUT2D eigenvalue weighted by molar-refractivity contribution is 6.31. The molecular weight excluding hydrogens is 579 g/mol. The van der Waals surface area contributed by atoms with E-state index in [0.717, 1.165) is 12.1 Å². The SMILES string of the molecule is COCCCOc1cc2nccc(Oc3ccc(NC(=O)Nc4ccc(Cl)c(C(F)(F)F)c4)cc3)c2c2c1OCCO2. The van der Waals surface area contributed by atoms with Gasteiger partial charge in [0.1, 0.15) is 24.7 Å². The minimum atomic E-state index is -4.65. The number of nitrogens with zero attached hydrogens (tertiary/aromatic N) is 1. The molecule has 13 heteroatoms. The molecule has 0 fully saturated rings. The zero-order chi connectivity index (χ0) is 29.7. The van der Waals surface area contributed by atoms with E-state index in [1.807, 2.05) is 0 Å². The first-order valence-electron chi connectivity index (χ1n) is 12.8. The predicted molar refractivity (Wildman–Crippen MR) is 150 cm³/mol. The Morgan fingerprint density at radius 1 is 0.952 bits per heavy atom. The molecule has 42 heavy (non-hydrogen) atoms. The number of aromatic nitrogens is 1. The van der Waals surface area contributed by atoms with E-state index in [1.54, 1.807) is 49.7 Å². The summed E-state index contributed by atoms with van der Waals surface area (Å²) in [5.41, 5.74) is -0.138. The molecule has 5 rings (SSSR count). The lowest BCUT2D eigenvalue weighted by atomic mass is 10.1. The zero-order valence-electron chi connectivity index (χ0n) is 22.2. The molecule has 0 aliphatic carbocycles. The van der Waals surface area contributed by atoms with Crippen molar-refractivity contribution >= 4 is 39.9 Å². The normalized spacial score (nSPS) is 12.6. The molecule has 0 spiro atoms. The van der Waals surface area contributed by atoms with E-state index in [0.29, 0.717) is 78.2 Å². The maximum absolute atomic E-state index is 13.1. The number of ether oxygens (including phenoxy) is 5. The highest BCUT2D eigenvalue weighted by atomic mass is 35.5. The molecule has 0 saturated carbocycles. The second-order valence-corrected chi connectivity index (χ2v) is 9.43. The summed E-state index contributed by atoms with van der Waals surface area (Å²) in [7, 11) is 1.63. The third-order valence-electron chi connectivity index (χ3n) is 6.06. The third kappa shape index (κ3) is 6.72. The fourth-order valence-electron chi connectivity index (χ4n) is 4.20. The Morgan fingerprint density at radius 2 is 1.67 bits per heavy atom. The van der Waals surface area contributed by atoms with Crippen LogP contribution < -0.4 is 29.6 Å². The monoisotopic (exact) mass is 603 g/mol. The Labute approximate surface area is 243 Å².